The van der Waals surface area contributed by atoms with Crippen molar-refractivity contribution in [3.8, 4) is 0 Å². The molecule has 0 aliphatic carbocycles. The molecule has 3 atom stereocenters. The van der Waals surface area contributed by atoms with Gasteiger partial charge in [0.15, 0.2) is 6.10 Å². The number of aliphatic carboxylic acids is 1. The molecule has 0 rings (SSSR count). The van der Waals surface area contributed by atoms with Crippen LogP contribution in [0.3, 0.4) is 0 Å². The molecule has 0 aromatic carbocycles. The van der Waals surface area contributed by atoms with Gasteiger partial charge in [0.25, 0.3) is 0 Å². The van der Waals surface area contributed by atoms with E-state index >= 15 is 0 Å². The molecule has 0 spiro atoms. The Labute approximate surface area is 328 Å². The van der Waals surface area contributed by atoms with Gasteiger partial charge in [0.05, 0.1) is 13.2 Å². The Morgan fingerprint density at radius 1 is 0.574 bits per heavy atom. The highest BCUT2D eigenvalue weighted by Crippen LogP contribution is 2.43. The third kappa shape index (κ3) is 36.9. The van der Waals surface area contributed by atoms with Crippen molar-refractivity contribution in [1.29, 1.82) is 0 Å². The van der Waals surface area contributed by atoms with E-state index in [9.17, 15) is 23.8 Å². The van der Waals surface area contributed by atoms with Gasteiger partial charge in [0.2, 0.25) is 0 Å². The van der Waals surface area contributed by atoms with E-state index in [-0.39, 0.29) is 19.4 Å². The highest BCUT2D eigenvalue weighted by Gasteiger charge is 2.28. The Hall–Kier alpha value is -2.04. The highest BCUT2D eigenvalue weighted by atomic mass is 31.2. The van der Waals surface area contributed by atoms with E-state index < -0.39 is 51.1 Å². The van der Waals surface area contributed by atoms with Crippen molar-refractivity contribution in [2.24, 2.45) is 5.73 Å². The van der Waals surface area contributed by atoms with E-state index in [4.69, 9.17) is 24.8 Å². The van der Waals surface area contributed by atoms with E-state index in [2.05, 4.69) is 42.7 Å². The van der Waals surface area contributed by atoms with Crippen LogP contribution in [0.5, 0.6) is 0 Å². The minimum absolute atomic E-state index is 0.146. The average molecular weight is 788 g/mol. The fourth-order valence-corrected chi connectivity index (χ4v) is 6.60. The smallest absolute Gasteiger partial charge is 0.472 e. The van der Waals surface area contributed by atoms with Crippen LogP contribution in [0.4, 0.5) is 0 Å². The molecule has 0 amide bonds. The van der Waals surface area contributed by atoms with Crippen molar-refractivity contribution in [3.05, 3.63) is 24.3 Å². The second-order valence-corrected chi connectivity index (χ2v) is 16.0. The molecule has 11 nitrogen and oxygen atoms in total. The summed E-state index contributed by atoms with van der Waals surface area (Å²) in [5.74, 6) is -2.39. The summed E-state index contributed by atoms with van der Waals surface area (Å²) in [7, 11) is -4.71. The van der Waals surface area contributed by atoms with Crippen molar-refractivity contribution < 1.29 is 47.5 Å². The van der Waals surface area contributed by atoms with Gasteiger partial charge in [-0.3, -0.25) is 23.4 Å². The Kier molecular flexibility index (Phi) is 36.4. The van der Waals surface area contributed by atoms with Crippen LogP contribution in [0.2, 0.25) is 0 Å². The summed E-state index contributed by atoms with van der Waals surface area (Å²) < 4.78 is 32.7. The highest BCUT2D eigenvalue weighted by molar-refractivity contribution is 7.47. The minimum Gasteiger partial charge on any atom is -0.480 e. The average Bonchev–Trinajstić information content (AvgIpc) is 3.14. The zero-order chi connectivity index (χ0) is 40.0. The van der Waals surface area contributed by atoms with Crippen LogP contribution in [-0.2, 0) is 37.5 Å². The predicted octanol–water partition coefficient (Wildman–Crippen LogP) is 11.1. The molecule has 0 bridgehead atoms. The second-order valence-electron chi connectivity index (χ2n) is 14.5. The topological polar surface area (TPSA) is 172 Å². The summed E-state index contributed by atoms with van der Waals surface area (Å²) >= 11 is 0. The van der Waals surface area contributed by atoms with E-state index in [1.165, 1.54) is 96.3 Å². The van der Waals surface area contributed by atoms with Crippen molar-refractivity contribution in [1.82, 2.24) is 0 Å². The zero-order valence-corrected chi connectivity index (χ0v) is 35.0. The first-order chi connectivity index (χ1) is 26.1. The molecule has 4 N–H and O–H groups in total. The first kappa shape index (κ1) is 52.0. The predicted molar refractivity (Wildman–Crippen MR) is 217 cm³/mol. The Bertz CT molecular complexity index is 1020. The van der Waals surface area contributed by atoms with Gasteiger partial charge in [-0.05, 0) is 38.5 Å². The molecular weight excluding hydrogens is 709 g/mol. The lowest BCUT2D eigenvalue weighted by Crippen LogP contribution is -2.34. The number of nitrogens with two attached hydrogens (primary N) is 1. The molecule has 1 unspecified atom stereocenters. The first-order valence-corrected chi connectivity index (χ1v) is 22.9. The van der Waals surface area contributed by atoms with E-state index in [1.807, 2.05) is 0 Å². The molecule has 54 heavy (non-hydrogen) atoms. The Balaban J connectivity index is 4.39. The summed E-state index contributed by atoms with van der Waals surface area (Å²) in [6.07, 6.45) is 38.1. The summed E-state index contributed by atoms with van der Waals surface area (Å²) in [5.41, 5.74) is 5.33. The van der Waals surface area contributed by atoms with Crippen molar-refractivity contribution in [3.63, 3.8) is 0 Å². The molecule has 0 aliphatic rings. The maximum atomic E-state index is 12.6. The Morgan fingerprint density at radius 2 is 0.963 bits per heavy atom. The molecule has 0 heterocycles. The summed E-state index contributed by atoms with van der Waals surface area (Å²) in [6, 6.07) is -1.52. The molecule has 0 aromatic heterocycles. The third-order valence-corrected chi connectivity index (χ3v) is 10.2. The number of rotatable bonds is 40. The summed E-state index contributed by atoms with van der Waals surface area (Å²) in [4.78, 5) is 45.9. The van der Waals surface area contributed by atoms with Gasteiger partial charge < -0.3 is 25.2 Å². The maximum absolute atomic E-state index is 12.6. The van der Waals surface area contributed by atoms with Gasteiger partial charge in [-0.1, -0.05) is 167 Å². The third-order valence-electron chi connectivity index (χ3n) is 9.23. The van der Waals surface area contributed by atoms with Crippen LogP contribution >= 0.6 is 7.82 Å². The number of carbonyl (C=O) groups excluding carboxylic acids is 2. The number of phosphoric ester groups is 1. The van der Waals surface area contributed by atoms with E-state index in [0.717, 1.165) is 57.8 Å². The molecule has 0 aromatic rings. The van der Waals surface area contributed by atoms with Crippen molar-refractivity contribution in [2.45, 2.75) is 206 Å². The summed E-state index contributed by atoms with van der Waals surface area (Å²) in [5, 5.41) is 8.88. The quantitative estimate of drug-likeness (QED) is 0.0233. The number of carboxylic acid groups (broad SMARTS) is 1. The number of esters is 2. The lowest BCUT2D eigenvalue weighted by molar-refractivity contribution is -0.161. The molecular formula is C42H78NO10P. The molecule has 0 radical (unpaired) electrons. The van der Waals surface area contributed by atoms with Gasteiger partial charge >= 0.3 is 25.7 Å². The maximum Gasteiger partial charge on any atom is 0.472 e. The van der Waals surface area contributed by atoms with Crippen molar-refractivity contribution >= 4 is 25.7 Å². The second kappa shape index (κ2) is 37.9. The largest absolute Gasteiger partial charge is 0.480 e. The number of hydrogen-bond acceptors (Lipinski definition) is 9. The van der Waals surface area contributed by atoms with Crippen molar-refractivity contribution in [2.75, 3.05) is 19.8 Å². The fourth-order valence-electron chi connectivity index (χ4n) is 5.82. The zero-order valence-electron chi connectivity index (χ0n) is 34.1. The van der Waals surface area contributed by atoms with Gasteiger partial charge in [0, 0.05) is 12.8 Å². The van der Waals surface area contributed by atoms with Gasteiger partial charge in [-0.15, -0.1) is 0 Å². The van der Waals surface area contributed by atoms with Crippen LogP contribution in [0.1, 0.15) is 194 Å². The van der Waals surface area contributed by atoms with Gasteiger partial charge in [-0.25, -0.2) is 4.57 Å². The lowest BCUT2D eigenvalue weighted by Gasteiger charge is -2.20. The van der Waals surface area contributed by atoms with Crippen LogP contribution in [-0.4, -0.2) is 59.9 Å². The molecule has 0 saturated heterocycles. The fraction of sp³-hybridized carbons (Fsp3) is 0.833. The minimum atomic E-state index is -4.71. The molecule has 0 fully saturated rings. The number of unbranched alkanes of at least 4 members (excludes halogenated alkanes) is 23. The normalized spacial score (nSPS) is 14.0. The molecule has 12 heteroatoms. The number of allylic oxidation sites excluding steroid dienone is 4. The number of hydrogen-bond donors (Lipinski definition) is 3. The van der Waals surface area contributed by atoms with E-state index in [0.29, 0.717) is 12.8 Å². The SMILES string of the molecule is CCCCCC/C=C/C=C/CCCCCCCC(=O)O[C@H](COC(=O)CCCCCCCCCCCCCCCCC)COP(=O)(O)OC[C@H](N)C(=O)O. The van der Waals surface area contributed by atoms with Gasteiger partial charge in [-0.2, -0.15) is 0 Å². The standard InChI is InChI=1S/C42H78NO10P/c1-3-5-7-9-11-13-15-17-19-21-23-25-27-29-31-33-40(44)50-35-38(36-51-54(48,49)52-37-39(43)42(46)47)53-41(45)34-32-30-28-26-24-22-20-18-16-14-12-10-8-6-4-2/h14,16,18,20,38-39H,3-13,15,17,19,21-37,43H2,1-2H3,(H,46,47)(H,48,49)/b16-14+,20-18+/t38-,39+/m1/s1. The lowest BCUT2D eigenvalue weighted by atomic mass is 10.0. The first-order valence-electron chi connectivity index (χ1n) is 21.4. The number of ether oxygens (including phenoxy) is 2. The number of carboxylic acids is 1. The van der Waals surface area contributed by atoms with Crippen LogP contribution in [0, 0.1) is 0 Å². The van der Waals surface area contributed by atoms with Crippen LogP contribution < -0.4 is 5.73 Å². The molecule has 0 aliphatic heterocycles. The monoisotopic (exact) mass is 788 g/mol. The van der Waals surface area contributed by atoms with Crippen LogP contribution in [0.25, 0.3) is 0 Å². The molecule has 0 saturated carbocycles. The van der Waals surface area contributed by atoms with E-state index in [1.54, 1.807) is 0 Å². The van der Waals surface area contributed by atoms with Gasteiger partial charge in [0.1, 0.15) is 12.6 Å². The molecule has 316 valence electrons. The van der Waals surface area contributed by atoms with Crippen LogP contribution in [0.15, 0.2) is 24.3 Å². The summed E-state index contributed by atoms with van der Waals surface area (Å²) in [6.45, 7) is 2.77. The number of carbonyl (C=O) groups is 3. The number of phosphoric acid groups is 1. The Morgan fingerprint density at radius 3 is 1.43 bits per heavy atom.